The normalized spacial score (nSPS) is 16.4. The zero-order chi connectivity index (χ0) is 9.97. The molecule has 1 aliphatic rings. The predicted molar refractivity (Wildman–Crippen MR) is 58.0 cm³/mol. The maximum atomic E-state index is 9.37. The molecule has 0 radical (unpaired) electrons. The molecule has 74 valence electrons. The molecule has 1 heterocycles. The van der Waals surface area contributed by atoms with Crippen molar-refractivity contribution in [3.05, 3.63) is 29.8 Å². The molecule has 0 amide bonds. The summed E-state index contributed by atoms with van der Waals surface area (Å²) in [5, 5.41) is 12.6. The molecule has 14 heavy (non-hydrogen) atoms. The van der Waals surface area contributed by atoms with Gasteiger partial charge in [0.2, 0.25) is 0 Å². The largest absolute Gasteiger partial charge is 0.508 e. The Bertz CT molecular complexity index is 372. The number of anilines is 1. The number of nitrogens with one attached hydrogen (secondary N) is 1. The molecule has 0 aliphatic carbocycles. The second-order valence-electron chi connectivity index (χ2n) is 3.46. The SMILES string of the molecule is Nc1ccc(O)cc1C1=CCNCC1. The summed E-state index contributed by atoms with van der Waals surface area (Å²) in [6.45, 7) is 1.85. The van der Waals surface area contributed by atoms with Gasteiger partial charge >= 0.3 is 0 Å². The Morgan fingerprint density at radius 1 is 1.36 bits per heavy atom. The molecule has 4 N–H and O–H groups in total. The molecule has 0 saturated carbocycles. The van der Waals surface area contributed by atoms with Gasteiger partial charge in [0.15, 0.2) is 0 Å². The van der Waals surface area contributed by atoms with Crippen molar-refractivity contribution in [1.29, 1.82) is 0 Å². The highest BCUT2D eigenvalue weighted by Crippen LogP contribution is 2.28. The molecule has 0 unspecified atom stereocenters. The highest BCUT2D eigenvalue weighted by Gasteiger charge is 2.09. The van der Waals surface area contributed by atoms with E-state index >= 15 is 0 Å². The van der Waals surface area contributed by atoms with E-state index in [-0.39, 0.29) is 5.75 Å². The fourth-order valence-electron chi connectivity index (χ4n) is 1.69. The monoisotopic (exact) mass is 190 g/mol. The van der Waals surface area contributed by atoms with Crippen LogP contribution >= 0.6 is 0 Å². The molecule has 1 aromatic rings. The molecule has 1 aromatic carbocycles. The summed E-state index contributed by atoms with van der Waals surface area (Å²) >= 11 is 0. The number of nitrogen functional groups attached to an aromatic ring is 1. The second kappa shape index (κ2) is 3.72. The Labute approximate surface area is 83.2 Å². The maximum Gasteiger partial charge on any atom is 0.116 e. The average molecular weight is 190 g/mol. The Kier molecular flexibility index (Phi) is 2.41. The van der Waals surface area contributed by atoms with Crippen LogP contribution in [0.15, 0.2) is 24.3 Å². The first-order chi connectivity index (χ1) is 6.77. The number of hydrogen-bond donors (Lipinski definition) is 3. The van der Waals surface area contributed by atoms with Gasteiger partial charge in [0, 0.05) is 17.8 Å². The number of phenolic OH excluding ortho intramolecular Hbond substituents is 1. The Morgan fingerprint density at radius 2 is 2.21 bits per heavy atom. The van der Waals surface area contributed by atoms with Crippen LogP contribution in [0.1, 0.15) is 12.0 Å². The third-order valence-corrected chi connectivity index (χ3v) is 2.45. The van der Waals surface area contributed by atoms with Crippen LogP contribution in [0, 0.1) is 0 Å². The van der Waals surface area contributed by atoms with Crippen molar-refractivity contribution in [2.45, 2.75) is 6.42 Å². The minimum Gasteiger partial charge on any atom is -0.508 e. The molecule has 0 spiro atoms. The summed E-state index contributed by atoms with van der Waals surface area (Å²) in [5.74, 6) is 0.272. The predicted octanol–water partition coefficient (Wildman–Crippen LogP) is 1.35. The van der Waals surface area contributed by atoms with Gasteiger partial charge in [-0.2, -0.15) is 0 Å². The van der Waals surface area contributed by atoms with Crippen molar-refractivity contribution in [1.82, 2.24) is 5.32 Å². The number of phenols is 1. The highest BCUT2D eigenvalue weighted by molar-refractivity contribution is 5.76. The van der Waals surface area contributed by atoms with Crippen LogP contribution in [-0.2, 0) is 0 Å². The molecule has 0 saturated heterocycles. The summed E-state index contributed by atoms with van der Waals surface area (Å²) in [4.78, 5) is 0. The lowest BCUT2D eigenvalue weighted by atomic mass is 9.98. The van der Waals surface area contributed by atoms with Crippen molar-refractivity contribution in [3.8, 4) is 5.75 Å². The summed E-state index contributed by atoms with van der Waals surface area (Å²) in [7, 11) is 0. The van der Waals surface area contributed by atoms with E-state index in [1.54, 1.807) is 18.2 Å². The van der Waals surface area contributed by atoms with E-state index in [4.69, 9.17) is 5.73 Å². The zero-order valence-electron chi connectivity index (χ0n) is 7.96. The van der Waals surface area contributed by atoms with Crippen LogP contribution in [0.25, 0.3) is 5.57 Å². The van der Waals surface area contributed by atoms with Gasteiger partial charge in [-0.05, 0) is 36.7 Å². The third-order valence-electron chi connectivity index (χ3n) is 2.45. The standard InChI is InChI=1S/C11H14N2O/c12-11-2-1-9(14)7-10(11)8-3-5-13-6-4-8/h1-3,7,13-14H,4-6,12H2. The van der Waals surface area contributed by atoms with Crippen LogP contribution < -0.4 is 11.1 Å². The minimum absolute atomic E-state index is 0.272. The minimum atomic E-state index is 0.272. The second-order valence-corrected chi connectivity index (χ2v) is 3.46. The Morgan fingerprint density at radius 3 is 2.93 bits per heavy atom. The molecule has 3 heteroatoms. The van der Waals surface area contributed by atoms with E-state index in [1.165, 1.54) is 5.57 Å². The number of nitrogens with two attached hydrogens (primary N) is 1. The van der Waals surface area contributed by atoms with Crippen LogP contribution in [0.2, 0.25) is 0 Å². The number of benzene rings is 1. The van der Waals surface area contributed by atoms with Crippen molar-refractivity contribution in [3.63, 3.8) is 0 Å². The van der Waals surface area contributed by atoms with Crippen LogP contribution in [0.3, 0.4) is 0 Å². The lowest BCUT2D eigenvalue weighted by Crippen LogP contribution is -2.20. The van der Waals surface area contributed by atoms with Gasteiger partial charge in [-0.3, -0.25) is 0 Å². The Balaban J connectivity index is 2.39. The number of hydrogen-bond acceptors (Lipinski definition) is 3. The lowest BCUT2D eigenvalue weighted by molar-refractivity contribution is 0.475. The molecule has 0 aromatic heterocycles. The topological polar surface area (TPSA) is 58.3 Å². The summed E-state index contributed by atoms with van der Waals surface area (Å²) in [5.41, 5.74) is 8.76. The van der Waals surface area contributed by atoms with Gasteiger partial charge in [0.1, 0.15) is 5.75 Å². The molecular weight excluding hydrogens is 176 g/mol. The van der Waals surface area contributed by atoms with Gasteiger partial charge in [-0.15, -0.1) is 0 Å². The molecule has 0 fully saturated rings. The van der Waals surface area contributed by atoms with Crippen LogP contribution in [-0.4, -0.2) is 18.2 Å². The first-order valence-electron chi connectivity index (χ1n) is 4.76. The summed E-state index contributed by atoms with van der Waals surface area (Å²) in [6.07, 6.45) is 3.09. The fraction of sp³-hybridized carbons (Fsp3) is 0.273. The van der Waals surface area contributed by atoms with Crippen molar-refractivity contribution in [2.24, 2.45) is 0 Å². The zero-order valence-corrected chi connectivity index (χ0v) is 7.96. The third kappa shape index (κ3) is 1.72. The van der Waals surface area contributed by atoms with E-state index in [0.717, 1.165) is 30.8 Å². The van der Waals surface area contributed by atoms with Crippen molar-refractivity contribution < 1.29 is 5.11 Å². The van der Waals surface area contributed by atoms with Gasteiger partial charge in [0.25, 0.3) is 0 Å². The number of aromatic hydroxyl groups is 1. The molecule has 3 nitrogen and oxygen atoms in total. The van der Waals surface area contributed by atoms with Gasteiger partial charge < -0.3 is 16.2 Å². The first kappa shape index (κ1) is 9.09. The van der Waals surface area contributed by atoms with E-state index in [0.29, 0.717) is 0 Å². The fourth-order valence-corrected chi connectivity index (χ4v) is 1.69. The molecule has 0 atom stereocenters. The van der Waals surface area contributed by atoms with E-state index in [9.17, 15) is 5.11 Å². The maximum absolute atomic E-state index is 9.37. The Hall–Kier alpha value is -1.48. The number of rotatable bonds is 1. The molecule has 2 rings (SSSR count). The summed E-state index contributed by atoms with van der Waals surface area (Å²) < 4.78 is 0. The van der Waals surface area contributed by atoms with Crippen molar-refractivity contribution in [2.75, 3.05) is 18.8 Å². The van der Waals surface area contributed by atoms with Crippen molar-refractivity contribution >= 4 is 11.3 Å². The van der Waals surface area contributed by atoms with E-state index < -0.39 is 0 Å². The average Bonchev–Trinajstić information content (AvgIpc) is 2.23. The first-order valence-corrected chi connectivity index (χ1v) is 4.76. The molecule has 0 bridgehead atoms. The van der Waals surface area contributed by atoms with E-state index in [2.05, 4.69) is 11.4 Å². The summed E-state index contributed by atoms with van der Waals surface area (Å²) in [6, 6.07) is 5.08. The lowest BCUT2D eigenvalue weighted by Gasteiger charge is -2.15. The van der Waals surface area contributed by atoms with Gasteiger partial charge in [0.05, 0.1) is 0 Å². The van der Waals surface area contributed by atoms with Gasteiger partial charge in [-0.1, -0.05) is 6.08 Å². The van der Waals surface area contributed by atoms with Gasteiger partial charge in [-0.25, -0.2) is 0 Å². The van der Waals surface area contributed by atoms with E-state index in [1.807, 2.05) is 0 Å². The smallest absolute Gasteiger partial charge is 0.116 e. The molecular formula is C11H14N2O. The van der Waals surface area contributed by atoms with Crippen LogP contribution in [0.5, 0.6) is 5.75 Å². The van der Waals surface area contributed by atoms with Crippen LogP contribution in [0.4, 0.5) is 5.69 Å². The molecule has 1 aliphatic heterocycles. The quantitative estimate of drug-likeness (QED) is 0.463. The highest BCUT2D eigenvalue weighted by atomic mass is 16.3.